The molecule has 0 atom stereocenters. The number of nitrogens with zero attached hydrogens (tertiary/aromatic N) is 1. The lowest BCUT2D eigenvalue weighted by Gasteiger charge is -2.12. The molecule has 0 saturated heterocycles. The second kappa shape index (κ2) is 12.5. The van der Waals surface area contributed by atoms with Crippen molar-refractivity contribution in [1.29, 1.82) is 0 Å². The molecule has 1 amide bonds. The Bertz CT molecular complexity index is 482. The number of hydrogen-bond donors (Lipinski definition) is 3. The van der Waals surface area contributed by atoms with Gasteiger partial charge in [-0.3, -0.25) is 9.79 Å². The van der Waals surface area contributed by atoms with Gasteiger partial charge in [0.1, 0.15) is 0 Å². The molecular weight excluding hydrogens is 415 g/mol. The van der Waals surface area contributed by atoms with E-state index < -0.39 is 0 Å². The van der Waals surface area contributed by atoms with Gasteiger partial charge in [-0.1, -0.05) is 37.1 Å². The van der Waals surface area contributed by atoms with Crippen molar-refractivity contribution >= 4 is 47.4 Å². The molecule has 0 aliphatic heterocycles. The van der Waals surface area contributed by atoms with E-state index in [9.17, 15) is 4.79 Å². The number of guanidine groups is 1. The molecule has 0 saturated carbocycles. The fourth-order valence-corrected chi connectivity index (χ4v) is 1.92. The van der Waals surface area contributed by atoms with Crippen LogP contribution >= 0.6 is 35.6 Å². The van der Waals surface area contributed by atoms with Crippen molar-refractivity contribution in [2.24, 2.45) is 4.99 Å². The van der Waals surface area contributed by atoms with Crippen molar-refractivity contribution in [2.45, 2.75) is 19.8 Å². The minimum absolute atomic E-state index is 0. The van der Waals surface area contributed by atoms with Crippen molar-refractivity contribution < 1.29 is 4.79 Å². The normalized spacial score (nSPS) is 10.6. The predicted molar refractivity (Wildman–Crippen MR) is 103 cm³/mol. The third kappa shape index (κ3) is 7.84. The van der Waals surface area contributed by atoms with Crippen LogP contribution in [0.4, 0.5) is 0 Å². The lowest BCUT2D eigenvalue weighted by Crippen LogP contribution is -2.41. The van der Waals surface area contributed by atoms with Gasteiger partial charge in [0, 0.05) is 26.7 Å². The van der Waals surface area contributed by atoms with Crippen LogP contribution < -0.4 is 16.0 Å². The van der Waals surface area contributed by atoms with Crippen LogP contribution in [0.15, 0.2) is 29.3 Å². The molecular formula is C15H24ClIN4O. The Morgan fingerprint density at radius 3 is 2.41 bits per heavy atom. The molecule has 0 spiro atoms. The van der Waals surface area contributed by atoms with Gasteiger partial charge >= 0.3 is 0 Å². The van der Waals surface area contributed by atoms with Crippen LogP contribution in [0, 0.1) is 0 Å². The Balaban J connectivity index is 0.00000441. The molecule has 3 N–H and O–H groups in total. The summed E-state index contributed by atoms with van der Waals surface area (Å²) in [4.78, 5) is 16.0. The van der Waals surface area contributed by atoms with Gasteiger partial charge in [0.15, 0.2) is 5.96 Å². The summed E-state index contributed by atoms with van der Waals surface area (Å²) >= 11 is 5.97. The molecule has 1 aromatic rings. The number of benzene rings is 1. The Kier molecular flexibility index (Phi) is 11.9. The van der Waals surface area contributed by atoms with E-state index in [0.717, 1.165) is 25.3 Å². The van der Waals surface area contributed by atoms with Crippen LogP contribution in [-0.4, -0.2) is 38.5 Å². The number of amides is 1. The molecule has 5 nitrogen and oxygen atoms in total. The van der Waals surface area contributed by atoms with Gasteiger partial charge in [-0.25, -0.2) is 0 Å². The van der Waals surface area contributed by atoms with Gasteiger partial charge in [0.25, 0.3) is 5.91 Å². The summed E-state index contributed by atoms with van der Waals surface area (Å²) in [5, 5.41) is 9.62. The van der Waals surface area contributed by atoms with Gasteiger partial charge in [-0.15, -0.1) is 24.0 Å². The van der Waals surface area contributed by atoms with E-state index in [-0.39, 0.29) is 29.9 Å². The second-order valence-corrected chi connectivity index (χ2v) is 4.92. The largest absolute Gasteiger partial charge is 0.356 e. The quantitative estimate of drug-likeness (QED) is 0.265. The topological polar surface area (TPSA) is 65.5 Å². The van der Waals surface area contributed by atoms with Crippen LogP contribution in [0.2, 0.25) is 5.02 Å². The van der Waals surface area contributed by atoms with Crippen molar-refractivity contribution in [2.75, 3.05) is 26.7 Å². The number of halogens is 2. The zero-order valence-electron chi connectivity index (χ0n) is 13.0. The molecule has 0 radical (unpaired) electrons. The average molecular weight is 439 g/mol. The van der Waals surface area contributed by atoms with Crippen LogP contribution in [0.3, 0.4) is 0 Å². The Labute approximate surface area is 154 Å². The number of unbranched alkanes of at least 4 members (excludes halogenated alkanes) is 1. The van der Waals surface area contributed by atoms with E-state index in [1.165, 1.54) is 0 Å². The monoisotopic (exact) mass is 438 g/mol. The fourth-order valence-electron chi connectivity index (χ4n) is 1.70. The maximum Gasteiger partial charge on any atom is 0.252 e. The molecule has 0 heterocycles. The standard InChI is InChI=1S/C15H23ClN4O.HI/c1-3-4-9-19-15(17-2)20-11-10-18-14(21)12-7-5-6-8-13(12)16;/h5-8H,3-4,9-11H2,1-2H3,(H,18,21)(H2,17,19,20);1H. The molecule has 7 heteroatoms. The number of hydrogen-bond acceptors (Lipinski definition) is 2. The zero-order valence-corrected chi connectivity index (χ0v) is 16.1. The second-order valence-electron chi connectivity index (χ2n) is 4.52. The van der Waals surface area contributed by atoms with Crippen molar-refractivity contribution in [3.05, 3.63) is 34.9 Å². The number of rotatable bonds is 7. The molecule has 0 aromatic heterocycles. The highest BCUT2D eigenvalue weighted by Gasteiger charge is 2.08. The van der Waals surface area contributed by atoms with Gasteiger partial charge < -0.3 is 16.0 Å². The van der Waals surface area contributed by atoms with E-state index in [1.807, 2.05) is 0 Å². The van der Waals surface area contributed by atoms with Gasteiger partial charge in [-0.05, 0) is 18.6 Å². The number of carbonyl (C=O) groups excluding carboxylic acids is 1. The first kappa shape index (κ1) is 21.0. The first-order chi connectivity index (χ1) is 10.2. The van der Waals surface area contributed by atoms with Gasteiger partial charge in [0.2, 0.25) is 0 Å². The highest BCUT2D eigenvalue weighted by atomic mass is 127. The lowest BCUT2D eigenvalue weighted by molar-refractivity contribution is 0.0954. The Hall–Kier alpha value is -1.02. The molecule has 1 aromatic carbocycles. The van der Waals surface area contributed by atoms with E-state index in [1.54, 1.807) is 31.3 Å². The fraction of sp³-hybridized carbons (Fsp3) is 0.467. The maximum atomic E-state index is 11.9. The average Bonchev–Trinajstić information content (AvgIpc) is 2.50. The number of carbonyl (C=O) groups is 1. The minimum Gasteiger partial charge on any atom is -0.356 e. The van der Waals surface area contributed by atoms with E-state index in [4.69, 9.17) is 11.6 Å². The van der Waals surface area contributed by atoms with Crippen LogP contribution in [0.1, 0.15) is 30.1 Å². The van der Waals surface area contributed by atoms with Gasteiger partial charge in [-0.2, -0.15) is 0 Å². The third-order valence-corrected chi connectivity index (χ3v) is 3.20. The summed E-state index contributed by atoms with van der Waals surface area (Å²) in [5.74, 6) is 0.576. The van der Waals surface area contributed by atoms with E-state index >= 15 is 0 Å². The summed E-state index contributed by atoms with van der Waals surface area (Å²) in [5.41, 5.74) is 0.490. The van der Waals surface area contributed by atoms with Crippen LogP contribution in [-0.2, 0) is 0 Å². The third-order valence-electron chi connectivity index (χ3n) is 2.87. The molecule has 1 rings (SSSR count). The summed E-state index contributed by atoms with van der Waals surface area (Å²) in [6, 6.07) is 7.00. The van der Waals surface area contributed by atoms with Crippen molar-refractivity contribution in [1.82, 2.24) is 16.0 Å². The smallest absolute Gasteiger partial charge is 0.252 e. The summed E-state index contributed by atoms with van der Waals surface area (Å²) in [7, 11) is 1.73. The first-order valence-corrected chi connectivity index (χ1v) is 7.54. The van der Waals surface area contributed by atoms with E-state index in [0.29, 0.717) is 23.7 Å². The molecule has 0 aliphatic carbocycles. The summed E-state index contributed by atoms with van der Waals surface area (Å²) < 4.78 is 0. The molecule has 0 unspecified atom stereocenters. The van der Waals surface area contributed by atoms with Crippen molar-refractivity contribution in [3.63, 3.8) is 0 Å². The predicted octanol–water partition coefficient (Wildman–Crippen LogP) is 2.65. The number of nitrogens with one attached hydrogen (secondary N) is 3. The van der Waals surface area contributed by atoms with Gasteiger partial charge in [0.05, 0.1) is 10.6 Å². The first-order valence-electron chi connectivity index (χ1n) is 7.16. The van der Waals surface area contributed by atoms with E-state index in [2.05, 4.69) is 27.9 Å². The summed E-state index contributed by atoms with van der Waals surface area (Å²) in [6.45, 7) is 4.13. The highest BCUT2D eigenvalue weighted by molar-refractivity contribution is 14.0. The maximum absolute atomic E-state index is 11.9. The highest BCUT2D eigenvalue weighted by Crippen LogP contribution is 2.14. The summed E-state index contributed by atoms with van der Waals surface area (Å²) in [6.07, 6.45) is 2.24. The molecule has 0 aliphatic rings. The Morgan fingerprint density at radius 1 is 1.14 bits per heavy atom. The molecule has 22 heavy (non-hydrogen) atoms. The Morgan fingerprint density at radius 2 is 1.77 bits per heavy atom. The van der Waals surface area contributed by atoms with Crippen molar-refractivity contribution in [3.8, 4) is 0 Å². The van der Waals surface area contributed by atoms with Crippen LogP contribution in [0.5, 0.6) is 0 Å². The van der Waals surface area contributed by atoms with Crippen LogP contribution in [0.25, 0.3) is 0 Å². The number of aliphatic imine (C=N–C) groups is 1. The zero-order chi connectivity index (χ0) is 15.5. The minimum atomic E-state index is -0.170. The SMILES string of the molecule is CCCCNC(=NC)NCCNC(=O)c1ccccc1Cl.I. The molecule has 0 fully saturated rings. The molecule has 0 bridgehead atoms. The lowest BCUT2D eigenvalue weighted by atomic mass is 10.2. The molecule has 124 valence electrons.